The summed E-state index contributed by atoms with van der Waals surface area (Å²) in [5.74, 6) is 4.15. The van der Waals surface area contributed by atoms with E-state index in [-0.39, 0.29) is 0 Å². The van der Waals surface area contributed by atoms with Gasteiger partial charge in [0.25, 0.3) is 0 Å². The van der Waals surface area contributed by atoms with E-state index in [4.69, 9.17) is 15.9 Å². The summed E-state index contributed by atoms with van der Waals surface area (Å²) in [5, 5.41) is 0. The van der Waals surface area contributed by atoms with Crippen LogP contribution in [0.2, 0.25) is 0 Å². The fraction of sp³-hybridized carbons (Fsp3) is 0.467. The van der Waals surface area contributed by atoms with Crippen molar-refractivity contribution in [3.8, 4) is 23.8 Å². The molecule has 0 amide bonds. The van der Waals surface area contributed by atoms with Gasteiger partial charge >= 0.3 is 0 Å². The van der Waals surface area contributed by atoms with Crippen molar-refractivity contribution in [2.24, 2.45) is 0 Å². The summed E-state index contributed by atoms with van der Waals surface area (Å²) in [5.41, 5.74) is 0.830. The molecule has 0 unspecified atom stereocenters. The minimum atomic E-state index is 0.311. The molecule has 0 spiro atoms. The minimum Gasteiger partial charge on any atom is -0.493 e. The van der Waals surface area contributed by atoms with Crippen LogP contribution < -0.4 is 9.47 Å². The molecule has 0 radical (unpaired) electrons. The Morgan fingerprint density at radius 2 is 1.94 bits per heavy atom. The van der Waals surface area contributed by atoms with Gasteiger partial charge in [0.2, 0.25) is 0 Å². The Morgan fingerprint density at radius 1 is 1.18 bits per heavy atom. The summed E-state index contributed by atoms with van der Waals surface area (Å²) in [4.78, 5) is 0. The third kappa shape index (κ3) is 2.94. The molecule has 2 heteroatoms. The maximum atomic E-state index is 6.00. The highest BCUT2D eigenvalue weighted by molar-refractivity contribution is 5.47. The van der Waals surface area contributed by atoms with E-state index in [1.54, 1.807) is 7.11 Å². The van der Waals surface area contributed by atoms with E-state index in [0.717, 1.165) is 29.9 Å². The van der Waals surface area contributed by atoms with Crippen LogP contribution in [-0.4, -0.2) is 13.2 Å². The van der Waals surface area contributed by atoms with Crippen LogP contribution in [0.3, 0.4) is 0 Å². The minimum absolute atomic E-state index is 0.311. The number of hydrogen-bond acceptors (Lipinski definition) is 2. The molecule has 2 nitrogen and oxygen atoms in total. The van der Waals surface area contributed by atoms with E-state index < -0.39 is 0 Å². The van der Waals surface area contributed by atoms with Gasteiger partial charge < -0.3 is 9.47 Å². The number of rotatable bonds is 3. The van der Waals surface area contributed by atoms with Crippen LogP contribution in [0.15, 0.2) is 18.2 Å². The lowest BCUT2D eigenvalue weighted by atomic mass is 9.98. The number of hydrogen-bond donors (Lipinski definition) is 0. The molecule has 1 aromatic carbocycles. The highest BCUT2D eigenvalue weighted by Crippen LogP contribution is 2.31. The largest absolute Gasteiger partial charge is 0.493 e. The average molecular weight is 230 g/mol. The van der Waals surface area contributed by atoms with Crippen molar-refractivity contribution < 1.29 is 9.47 Å². The fourth-order valence-corrected chi connectivity index (χ4v) is 2.22. The normalized spacial score (nSPS) is 16.2. The molecule has 0 bridgehead atoms. The first kappa shape index (κ1) is 11.9. The van der Waals surface area contributed by atoms with Gasteiger partial charge in [0, 0.05) is 5.56 Å². The van der Waals surface area contributed by atoms with Crippen molar-refractivity contribution in [3.05, 3.63) is 23.8 Å². The molecule has 0 heterocycles. The number of terminal acetylenes is 1. The summed E-state index contributed by atoms with van der Waals surface area (Å²) in [7, 11) is 1.65. The SMILES string of the molecule is C#Cc1ccc(OC)c(OC2CCCCC2)c1. The molecule has 17 heavy (non-hydrogen) atoms. The summed E-state index contributed by atoms with van der Waals surface area (Å²) in [6.45, 7) is 0. The smallest absolute Gasteiger partial charge is 0.162 e. The Hall–Kier alpha value is -1.62. The zero-order chi connectivity index (χ0) is 12.1. The number of benzene rings is 1. The standard InChI is InChI=1S/C15H18O2/c1-3-12-9-10-14(16-2)15(11-12)17-13-7-5-4-6-8-13/h1,9-11,13H,4-8H2,2H3. The summed E-state index contributed by atoms with van der Waals surface area (Å²) >= 11 is 0. The predicted molar refractivity (Wildman–Crippen MR) is 68.4 cm³/mol. The molecule has 90 valence electrons. The summed E-state index contributed by atoms with van der Waals surface area (Å²) in [6, 6.07) is 5.62. The van der Waals surface area contributed by atoms with Gasteiger partial charge in [0.15, 0.2) is 11.5 Å². The molecule has 1 aromatic rings. The molecule has 1 aliphatic carbocycles. The highest BCUT2D eigenvalue weighted by Gasteiger charge is 2.16. The lowest BCUT2D eigenvalue weighted by molar-refractivity contribution is 0.149. The molecular weight excluding hydrogens is 212 g/mol. The molecular formula is C15H18O2. The summed E-state index contributed by atoms with van der Waals surface area (Å²) < 4.78 is 11.3. The van der Waals surface area contributed by atoms with Gasteiger partial charge in [-0.15, -0.1) is 6.42 Å². The number of methoxy groups -OCH3 is 1. The molecule has 1 aliphatic rings. The lowest BCUT2D eigenvalue weighted by Gasteiger charge is -2.24. The van der Waals surface area contributed by atoms with Crippen molar-refractivity contribution in [2.45, 2.75) is 38.2 Å². The zero-order valence-electron chi connectivity index (χ0n) is 10.2. The Kier molecular flexibility index (Phi) is 3.93. The average Bonchev–Trinajstić information content (AvgIpc) is 2.40. The maximum Gasteiger partial charge on any atom is 0.162 e. The Morgan fingerprint density at radius 3 is 2.59 bits per heavy atom. The van der Waals surface area contributed by atoms with E-state index in [9.17, 15) is 0 Å². The number of ether oxygens (including phenoxy) is 2. The van der Waals surface area contributed by atoms with Gasteiger partial charge in [-0.25, -0.2) is 0 Å². The van der Waals surface area contributed by atoms with Gasteiger partial charge in [-0.3, -0.25) is 0 Å². The van der Waals surface area contributed by atoms with Crippen molar-refractivity contribution in [2.75, 3.05) is 7.11 Å². The van der Waals surface area contributed by atoms with E-state index in [0.29, 0.717) is 6.10 Å². The third-order valence-electron chi connectivity index (χ3n) is 3.18. The van der Waals surface area contributed by atoms with Crippen LogP contribution in [0.4, 0.5) is 0 Å². The van der Waals surface area contributed by atoms with Gasteiger partial charge in [0.05, 0.1) is 13.2 Å². The van der Waals surface area contributed by atoms with Crippen LogP contribution in [0.1, 0.15) is 37.7 Å². The Bertz CT molecular complexity index is 411. The Balaban J connectivity index is 2.14. The van der Waals surface area contributed by atoms with Crippen LogP contribution in [0.25, 0.3) is 0 Å². The second kappa shape index (κ2) is 5.63. The fourth-order valence-electron chi connectivity index (χ4n) is 2.22. The Labute approximate surface area is 103 Å². The zero-order valence-corrected chi connectivity index (χ0v) is 10.2. The maximum absolute atomic E-state index is 6.00. The molecule has 0 aliphatic heterocycles. The second-order valence-electron chi connectivity index (χ2n) is 4.39. The van der Waals surface area contributed by atoms with E-state index >= 15 is 0 Å². The van der Waals surface area contributed by atoms with E-state index in [1.807, 2.05) is 18.2 Å². The molecule has 0 atom stereocenters. The third-order valence-corrected chi connectivity index (χ3v) is 3.18. The van der Waals surface area contributed by atoms with Crippen molar-refractivity contribution in [3.63, 3.8) is 0 Å². The van der Waals surface area contributed by atoms with Crippen LogP contribution in [0.5, 0.6) is 11.5 Å². The molecule has 0 aromatic heterocycles. The van der Waals surface area contributed by atoms with Crippen LogP contribution in [0, 0.1) is 12.3 Å². The topological polar surface area (TPSA) is 18.5 Å². The van der Waals surface area contributed by atoms with Gasteiger partial charge in [0.1, 0.15) is 0 Å². The molecule has 2 rings (SSSR count). The van der Waals surface area contributed by atoms with Crippen LogP contribution in [-0.2, 0) is 0 Å². The monoisotopic (exact) mass is 230 g/mol. The van der Waals surface area contributed by atoms with Gasteiger partial charge in [-0.1, -0.05) is 12.3 Å². The molecule has 1 fully saturated rings. The predicted octanol–water partition coefficient (Wildman–Crippen LogP) is 3.39. The second-order valence-corrected chi connectivity index (χ2v) is 4.39. The van der Waals surface area contributed by atoms with Crippen molar-refractivity contribution in [1.29, 1.82) is 0 Å². The van der Waals surface area contributed by atoms with Gasteiger partial charge in [-0.05, 0) is 43.9 Å². The van der Waals surface area contributed by atoms with E-state index in [2.05, 4.69) is 5.92 Å². The first-order valence-corrected chi connectivity index (χ1v) is 6.15. The summed E-state index contributed by atoms with van der Waals surface area (Å²) in [6.07, 6.45) is 11.8. The van der Waals surface area contributed by atoms with Gasteiger partial charge in [-0.2, -0.15) is 0 Å². The first-order valence-electron chi connectivity index (χ1n) is 6.15. The van der Waals surface area contributed by atoms with E-state index in [1.165, 1.54) is 19.3 Å². The van der Waals surface area contributed by atoms with Crippen molar-refractivity contribution >= 4 is 0 Å². The van der Waals surface area contributed by atoms with Crippen molar-refractivity contribution in [1.82, 2.24) is 0 Å². The highest BCUT2D eigenvalue weighted by atomic mass is 16.5. The quantitative estimate of drug-likeness (QED) is 0.741. The molecule has 0 saturated heterocycles. The van der Waals surface area contributed by atoms with Crippen LogP contribution >= 0.6 is 0 Å². The molecule has 1 saturated carbocycles. The first-order chi connectivity index (χ1) is 8.33. The molecule has 0 N–H and O–H groups in total. The lowest BCUT2D eigenvalue weighted by Crippen LogP contribution is -2.19.